The van der Waals surface area contributed by atoms with Crippen LogP contribution in [0.15, 0.2) is 48.3 Å². The van der Waals surface area contributed by atoms with Crippen LogP contribution in [-0.2, 0) is 9.53 Å². The molecule has 0 saturated heterocycles. The lowest BCUT2D eigenvalue weighted by atomic mass is 10.1. The Labute approximate surface area is 71.5 Å². The van der Waals surface area contributed by atoms with Gasteiger partial charge in [0.15, 0.2) is 5.76 Å². The number of carbonyl (C=O) groups excluding carboxylic acids is 1. The summed E-state index contributed by atoms with van der Waals surface area (Å²) in [5, 5.41) is 0. The monoisotopic (exact) mass is 162 g/mol. The lowest BCUT2D eigenvalue weighted by molar-refractivity contribution is -0.114. The molecular formula is C10H10O2. The van der Waals surface area contributed by atoms with Crippen LogP contribution >= 0.6 is 0 Å². The van der Waals surface area contributed by atoms with Crippen molar-refractivity contribution >= 4 is 5.78 Å². The topological polar surface area (TPSA) is 26.3 Å². The summed E-state index contributed by atoms with van der Waals surface area (Å²) in [7, 11) is 1.48. The normalized spacial score (nSPS) is 19.2. The van der Waals surface area contributed by atoms with Crippen molar-refractivity contribution in [3.05, 3.63) is 48.3 Å². The molecule has 62 valence electrons. The quantitative estimate of drug-likeness (QED) is 0.618. The minimum atomic E-state index is -0.0984. The van der Waals surface area contributed by atoms with E-state index in [1.165, 1.54) is 13.2 Å². The summed E-state index contributed by atoms with van der Waals surface area (Å²) in [6.07, 6.45) is 8.37. The molecule has 0 aromatic rings. The Kier molecular flexibility index (Phi) is 2.64. The van der Waals surface area contributed by atoms with Crippen LogP contribution in [0.4, 0.5) is 0 Å². The summed E-state index contributed by atoms with van der Waals surface area (Å²) in [5.41, 5.74) is 0.918. The third-order valence-electron chi connectivity index (χ3n) is 1.50. The lowest BCUT2D eigenvalue weighted by Crippen LogP contribution is -2.04. The Bertz CT molecular complexity index is 293. The van der Waals surface area contributed by atoms with E-state index >= 15 is 0 Å². The largest absolute Gasteiger partial charge is 0.493 e. The van der Waals surface area contributed by atoms with Crippen LogP contribution in [0.25, 0.3) is 0 Å². The van der Waals surface area contributed by atoms with Gasteiger partial charge in [-0.1, -0.05) is 24.8 Å². The van der Waals surface area contributed by atoms with Gasteiger partial charge in [-0.2, -0.15) is 0 Å². The van der Waals surface area contributed by atoms with Crippen LogP contribution in [0.1, 0.15) is 0 Å². The molecule has 0 fully saturated rings. The fraction of sp³-hybridized carbons (Fsp3) is 0.100. The van der Waals surface area contributed by atoms with Crippen molar-refractivity contribution in [1.82, 2.24) is 0 Å². The molecule has 0 atom stereocenters. The zero-order valence-corrected chi connectivity index (χ0v) is 6.91. The van der Waals surface area contributed by atoms with E-state index in [9.17, 15) is 4.79 Å². The number of hydrogen-bond acceptors (Lipinski definition) is 2. The third kappa shape index (κ3) is 1.72. The van der Waals surface area contributed by atoms with Crippen molar-refractivity contribution in [3.8, 4) is 0 Å². The first-order valence-electron chi connectivity index (χ1n) is 3.58. The van der Waals surface area contributed by atoms with E-state index in [0.717, 1.165) is 5.57 Å². The average molecular weight is 162 g/mol. The summed E-state index contributed by atoms with van der Waals surface area (Å²) < 4.78 is 4.87. The van der Waals surface area contributed by atoms with E-state index < -0.39 is 0 Å². The van der Waals surface area contributed by atoms with Gasteiger partial charge in [-0.25, -0.2) is 0 Å². The van der Waals surface area contributed by atoms with Gasteiger partial charge in [-0.15, -0.1) is 0 Å². The summed E-state index contributed by atoms with van der Waals surface area (Å²) in [6, 6.07) is 0. The van der Waals surface area contributed by atoms with Crippen molar-refractivity contribution in [2.45, 2.75) is 0 Å². The van der Waals surface area contributed by atoms with Crippen LogP contribution in [-0.4, -0.2) is 12.9 Å². The molecule has 1 rings (SSSR count). The molecule has 2 nitrogen and oxygen atoms in total. The number of methoxy groups -OCH3 is 1. The maximum Gasteiger partial charge on any atom is 0.220 e. The van der Waals surface area contributed by atoms with Gasteiger partial charge in [0.05, 0.1) is 7.11 Å². The predicted molar refractivity (Wildman–Crippen MR) is 47.5 cm³/mol. The standard InChI is InChI=1S/C10H10O2/c1-3-4-8-5-6-9(11)10(7-8)12-2/h3-7H,1H2,2H3/b8-4+. The molecule has 12 heavy (non-hydrogen) atoms. The van der Waals surface area contributed by atoms with Gasteiger partial charge in [0.2, 0.25) is 5.78 Å². The second-order valence-electron chi connectivity index (χ2n) is 2.31. The van der Waals surface area contributed by atoms with Crippen molar-refractivity contribution in [1.29, 1.82) is 0 Å². The Morgan fingerprint density at radius 1 is 1.50 bits per heavy atom. The molecule has 0 heterocycles. The van der Waals surface area contributed by atoms with Crippen LogP contribution in [0.2, 0.25) is 0 Å². The molecule has 0 aromatic carbocycles. The van der Waals surface area contributed by atoms with Gasteiger partial charge in [-0.3, -0.25) is 4.79 Å². The molecular weight excluding hydrogens is 152 g/mol. The predicted octanol–water partition coefficient (Wildman–Crippen LogP) is 1.77. The molecule has 1 aliphatic carbocycles. The SMILES string of the molecule is C=C/C=C1\C=CC(=O)C(OC)=C1. The zero-order chi connectivity index (χ0) is 8.97. The Balaban J connectivity index is 2.93. The van der Waals surface area contributed by atoms with E-state index in [0.29, 0.717) is 5.76 Å². The third-order valence-corrected chi connectivity index (χ3v) is 1.50. The minimum absolute atomic E-state index is 0.0984. The fourth-order valence-electron chi connectivity index (χ4n) is 0.924. The van der Waals surface area contributed by atoms with Gasteiger partial charge in [0, 0.05) is 0 Å². The molecule has 0 aliphatic heterocycles. The van der Waals surface area contributed by atoms with E-state index in [2.05, 4.69) is 6.58 Å². The van der Waals surface area contributed by atoms with Crippen molar-refractivity contribution in [3.63, 3.8) is 0 Å². The van der Waals surface area contributed by atoms with Crippen LogP contribution < -0.4 is 0 Å². The van der Waals surface area contributed by atoms with Crippen LogP contribution in [0, 0.1) is 0 Å². The Hall–Kier alpha value is -1.57. The summed E-state index contributed by atoms with van der Waals surface area (Å²) in [6.45, 7) is 3.56. The van der Waals surface area contributed by atoms with Crippen molar-refractivity contribution < 1.29 is 9.53 Å². The van der Waals surface area contributed by atoms with Gasteiger partial charge < -0.3 is 4.74 Å². The molecule has 0 amide bonds. The van der Waals surface area contributed by atoms with Crippen LogP contribution in [0.3, 0.4) is 0 Å². The van der Waals surface area contributed by atoms with Gasteiger partial charge in [0.25, 0.3) is 0 Å². The van der Waals surface area contributed by atoms with Crippen LogP contribution in [0.5, 0.6) is 0 Å². The molecule has 0 spiro atoms. The smallest absolute Gasteiger partial charge is 0.220 e. The maximum atomic E-state index is 11.0. The highest BCUT2D eigenvalue weighted by Gasteiger charge is 2.10. The summed E-state index contributed by atoms with van der Waals surface area (Å²) in [4.78, 5) is 11.0. The Morgan fingerprint density at radius 2 is 2.25 bits per heavy atom. The molecule has 0 aromatic heterocycles. The molecule has 0 N–H and O–H groups in total. The first kappa shape index (κ1) is 8.53. The number of rotatable bonds is 2. The van der Waals surface area contributed by atoms with Crippen molar-refractivity contribution in [2.75, 3.05) is 7.11 Å². The second-order valence-corrected chi connectivity index (χ2v) is 2.31. The second kappa shape index (κ2) is 3.72. The van der Waals surface area contributed by atoms with Gasteiger partial charge >= 0.3 is 0 Å². The number of ketones is 1. The molecule has 0 unspecified atom stereocenters. The summed E-state index contributed by atoms with van der Waals surface area (Å²) in [5.74, 6) is 0.268. The van der Waals surface area contributed by atoms with E-state index in [4.69, 9.17) is 4.74 Å². The molecule has 0 bridgehead atoms. The summed E-state index contributed by atoms with van der Waals surface area (Å²) >= 11 is 0. The van der Waals surface area contributed by atoms with E-state index in [1.807, 2.05) is 6.08 Å². The molecule has 0 saturated carbocycles. The molecule has 1 aliphatic rings. The first-order valence-corrected chi connectivity index (χ1v) is 3.58. The minimum Gasteiger partial charge on any atom is -0.493 e. The number of ether oxygens (including phenoxy) is 1. The average Bonchev–Trinajstić information content (AvgIpc) is 2.09. The maximum absolute atomic E-state index is 11.0. The molecule has 2 heteroatoms. The van der Waals surface area contributed by atoms with Crippen molar-refractivity contribution in [2.24, 2.45) is 0 Å². The Morgan fingerprint density at radius 3 is 2.83 bits per heavy atom. The number of carbonyl (C=O) groups is 1. The van der Waals surface area contributed by atoms with Gasteiger partial charge in [-0.05, 0) is 17.7 Å². The molecule has 0 radical (unpaired) electrons. The zero-order valence-electron chi connectivity index (χ0n) is 6.91. The highest BCUT2D eigenvalue weighted by atomic mass is 16.5. The van der Waals surface area contributed by atoms with Gasteiger partial charge in [0.1, 0.15) is 0 Å². The lowest BCUT2D eigenvalue weighted by Gasteiger charge is -2.06. The highest BCUT2D eigenvalue weighted by molar-refractivity contribution is 6.04. The van der Waals surface area contributed by atoms with E-state index in [-0.39, 0.29) is 5.78 Å². The fourth-order valence-corrected chi connectivity index (χ4v) is 0.924. The number of hydrogen-bond donors (Lipinski definition) is 0. The number of allylic oxidation sites excluding steroid dienone is 6. The highest BCUT2D eigenvalue weighted by Crippen LogP contribution is 2.12. The van der Waals surface area contributed by atoms with E-state index in [1.54, 1.807) is 18.2 Å². The first-order chi connectivity index (χ1) is 5.77.